The van der Waals surface area contributed by atoms with E-state index in [0.29, 0.717) is 18.5 Å². The first-order valence-corrected chi connectivity index (χ1v) is 10.9. The fourth-order valence-corrected chi connectivity index (χ4v) is 5.50. The number of carbonyl (C=O) groups is 2. The first-order valence-electron chi connectivity index (χ1n) is 8.57. The second-order valence-corrected chi connectivity index (χ2v) is 9.21. The van der Waals surface area contributed by atoms with Gasteiger partial charge in [-0.1, -0.05) is 0 Å². The van der Waals surface area contributed by atoms with Crippen LogP contribution in [0.4, 0.5) is 10.8 Å². The van der Waals surface area contributed by atoms with Gasteiger partial charge in [0.15, 0.2) is 5.13 Å². The highest BCUT2D eigenvalue weighted by Gasteiger charge is 2.55. The highest BCUT2D eigenvalue weighted by atomic mass is 32.2. The van der Waals surface area contributed by atoms with Crippen molar-refractivity contribution >= 4 is 44.1 Å². The molecule has 148 valence electrons. The summed E-state index contributed by atoms with van der Waals surface area (Å²) in [4.78, 5) is 28.0. The molecule has 0 spiro atoms. The zero-order chi connectivity index (χ0) is 19.9. The molecule has 4 atom stereocenters. The molecule has 2 bridgehead atoms. The molecule has 11 heteroatoms. The Morgan fingerprint density at radius 2 is 1.82 bits per heavy atom. The Morgan fingerprint density at radius 1 is 1.14 bits per heavy atom. The lowest BCUT2D eigenvalue weighted by Gasteiger charge is -2.23. The van der Waals surface area contributed by atoms with Gasteiger partial charge < -0.3 is 15.2 Å². The van der Waals surface area contributed by atoms with Crippen LogP contribution in [0.25, 0.3) is 0 Å². The standard InChI is InChI=1S/C17H17N3O6S2/c21-15(13-11-5-6-12(26-11)14(13)16(22)23)19-9-1-3-10(4-2-9)28(24,25)20-17-18-7-8-27-17/h1-4,7-8,11-14H,5-6H2,(H,18,20)(H,19,21)(H,22,23)/t11-,12+,13+,14-/m1/s1. The van der Waals surface area contributed by atoms with E-state index < -0.39 is 45.9 Å². The maximum Gasteiger partial charge on any atom is 0.310 e. The molecule has 2 aromatic rings. The number of fused-ring (bicyclic) bond motifs is 2. The number of nitrogens with zero attached hydrogens (tertiary/aromatic N) is 1. The van der Waals surface area contributed by atoms with Crippen molar-refractivity contribution in [1.29, 1.82) is 0 Å². The van der Waals surface area contributed by atoms with Crippen molar-refractivity contribution in [3.05, 3.63) is 35.8 Å². The molecule has 2 fully saturated rings. The molecule has 2 aliphatic heterocycles. The lowest BCUT2D eigenvalue weighted by Crippen LogP contribution is -2.40. The monoisotopic (exact) mass is 423 g/mol. The quantitative estimate of drug-likeness (QED) is 0.644. The fraction of sp³-hybridized carbons (Fsp3) is 0.353. The van der Waals surface area contributed by atoms with E-state index in [2.05, 4.69) is 15.0 Å². The number of rotatable bonds is 6. The van der Waals surface area contributed by atoms with Gasteiger partial charge in [0, 0.05) is 17.3 Å². The van der Waals surface area contributed by atoms with E-state index in [-0.39, 0.29) is 10.0 Å². The number of sulfonamides is 1. The van der Waals surface area contributed by atoms with E-state index >= 15 is 0 Å². The highest BCUT2D eigenvalue weighted by molar-refractivity contribution is 7.93. The van der Waals surface area contributed by atoms with Crippen molar-refractivity contribution in [2.75, 3.05) is 10.0 Å². The summed E-state index contributed by atoms with van der Waals surface area (Å²) in [5.41, 5.74) is 0.380. The largest absolute Gasteiger partial charge is 0.481 e. The molecule has 1 amide bonds. The number of thiazole rings is 1. The van der Waals surface area contributed by atoms with Crippen molar-refractivity contribution in [3.63, 3.8) is 0 Å². The lowest BCUT2D eigenvalue weighted by atomic mass is 9.78. The summed E-state index contributed by atoms with van der Waals surface area (Å²) >= 11 is 1.16. The van der Waals surface area contributed by atoms with Crippen LogP contribution in [0.3, 0.4) is 0 Å². The van der Waals surface area contributed by atoms with Gasteiger partial charge >= 0.3 is 5.97 Å². The van der Waals surface area contributed by atoms with E-state index in [1.165, 1.54) is 30.5 Å². The number of ether oxygens (including phenoxy) is 1. The Balaban J connectivity index is 1.46. The Kier molecular flexibility index (Phi) is 4.81. The van der Waals surface area contributed by atoms with Gasteiger partial charge in [-0.2, -0.15) is 0 Å². The molecule has 0 aliphatic carbocycles. The van der Waals surface area contributed by atoms with E-state index in [0.717, 1.165) is 11.3 Å². The van der Waals surface area contributed by atoms with Crippen molar-refractivity contribution in [3.8, 4) is 0 Å². The Morgan fingerprint density at radius 3 is 2.43 bits per heavy atom. The number of anilines is 2. The van der Waals surface area contributed by atoms with Gasteiger partial charge in [0.05, 0.1) is 28.9 Å². The van der Waals surface area contributed by atoms with E-state index in [4.69, 9.17) is 4.74 Å². The molecule has 4 rings (SSSR count). The number of benzene rings is 1. The molecule has 1 aromatic heterocycles. The van der Waals surface area contributed by atoms with Gasteiger partial charge in [-0.15, -0.1) is 11.3 Å². The third kappa shape index (κ3) is 3.48. The predicted molar refractivity (Wildman–Crippen MR) is 101 cm³/mol. The van der Waals surface area contributed by atoms with Gasteiger partial charge in [0.1, 0.15) is 0 Å². The zero-order valence-corrected chi connectivity index (χ0v) is 16.1. The van der Waals surface area contributed by atoms with Crippen LogP contribution in [0, 0.1) is 11.8 Å². The average Bonchev–Trinajstić information content (AvgIpc) is 3.38. The van der Waals surface area contributed by atoms with Crippen molar-refractivity contribution in [1.82, 2.24) is 4.98 Å². The zero-order valence-electron chi connectivity index (χ0n) is 14.4. The van der Waals surface area contributed by atoms with Crippen LogP contribution in [0.5, 0.6) is 0 Å². The first kappa shape index (κ1) is 18.8. The molecule has 2 aliphatic rings. The lowest BCUT2D eigenvalue weighted by molar-refractivity contribution is -0.147. The Hall–Kier alpha value is -2.50. The molecule has 2 saturated heterocycles. The average molecular weight is 423 g/mol. The smallest absolute Gasteiger partial charge is 0.310 e. The second-order valence-electron chi connectivity index (χ2n) is 6.64. The number of aliphatic carboxylic acids is 1. The summed E-state index contributed by atoms with van der Waals surface area (Å²) in [5, 5.41) is 14.0. The molecule has 0 radical (unpaired) electrons. The van der Waals surface area contributed by atoms with Gasteiger partial charge in [-0.05, 0) is 37.1 Å². The Labute approximate surface area is 164 Å². The van der Waals surface area contributed by atoms with Crippen LogP contribution >= 0.6 is 11.3 Å². The summed E-state index contributed by atoms with van der Waals surface area (Å²) in [7, 11) is -3.78. The summed E-state index contributed by atoms with van der Waals surface area (Å²) in [5.74, 6) is -3.09. The minimum atomic E-state index is -3.78. The van der Waals surface area contributed by atoms with Gasteiger partial charge in [0.25, 0.3) is 10.0 Å². The first-order chi connectivity index (χ1) is 13.3. The van der Waals surface area contributed by atoms with Crippen LogP contribution < -0.4 is 10.0 Å². The molecule has 3 N–H and O–H groups in total. The third-order valence-electron chi connectivity index (χ3n) is 4.95. The number of hydrogen-bond donors (Lipinski definition) is 3. The highest BCUT2D eigenvalue weighted by Crippen LogP contribution is 2.44. The number of carboxylic acid groups (broad SMARTS) is 1. The number of hydrogen-bond acceptors (Lipinski definition) is 7. The molecule has 0 saturated carbocycles. The number of carbonyl (C=O) groups excluding carboxylic acids is 1. The Bertz CT molecular complexity index is 990. The van der Waals surface area contributed by atoms with Gasteiger partial charge in [0.2, 0.25) is 5.91 Å². The summed E-state index contributed by atoms with van der Waals surface area (Å²) in [6.07, 6.45) is 1.97. The summed E-state index contributed by atoms with van der Waals surface area (Å²) < 4.78 is 32.6. The van der Waals surface area contributed by atoms with Crippen LogP contribution in [-0.2, 0) is 24.3 Å². The van der Waals surface area contributed by atoms with Gasteiger partial charge in [-0.3, -0.25) is 14.3 Å². The second kappa shape index (κ2) is 7.15. The van der Waals surface area contributed by atoms with Crippen molar-refractivity contribution in [2.24, 2.45) is 11.8 Å². The van der Waals surface area contributed by atoms with Gasteiger partial charge in [-0.25, -0.2) is 13.4 Å². The van der Waals surface area contributed by atoms with Crippen LogP contribution in [0.2, 0.25) is 0 Å². The van der Waals surface area contributed by atoms with E-state index in [1.807, 2.05) is 0 Å². The van der Waals surface area contributed by atoms with Crippen LogP contribution in [-0.4, -0.2) is 42.6 Å². The van der Waals surface area contributed by atoms with E-state index in [1.54, 1.807) is 5.38 Å². The van der Waals surface area contributed by atoms with Crippen LogP contribution in [0.15, 0.2) is 40.7 Å². The molecular formula is C17H17N3O6S2. The molecule has 28 heavy (non-hydrogen) atoms. The van der Waals surface area contributed by atoms with Crippen molar-refractivity contribution in [2.45, 2.75) is 29.9 Å². The molecule has 1 aromatic carbocycles. The SMILES string of the molecule is O=C(Nc1ccc(S(=O)(=O)Nc2nccs2)cc1)[C@@H]1[C@H](C(=O)O)[C@@H]2CC[C@H]1O2. The maximum absolute atomic E-state index is 12.6. The molecule has 0 unspecified atom stereocenters. The maximum atomic E-state index is 12.6. The van der Waals surface area contributed by atoms with Crippen LogP contribution in [0.1, 0.15) is 12.8 Å². The number of amides is 1. The molecule has 9 nitrogen and oxygen atoms in total. The summed E-state index contributed by atoms with van der Waals surface area (Å²) in [6, 6.07) is 5.63. The topological polar surface area (TPSA) is 135 Å². The van der Waals surface area contributed by atoms with Crippen molar-refractivity contribution < 1.29 is 27.9 Å². The third-order valence-corrected chi connectivity index (χ3v) is 7.12. The molecule has 3 heterocycles. The minimum absolute atomic E-state index is 0.0207. The number of carboxylic acids is 1. The number of aromatic nitrogens is 1. The number of nitrogens with one attached hydrogen (secondary N) is 2. The predicted octanol–water partition coefficient (Wildman–Crippen LogP) is 1.76. The summed E-state index contributed by atoms with van der Waals surface area (Å²) in [6.45, 7) is 0. The normalized spacial score (nSPS) is 26.1. The van der Waals surface area contributed by atoms with E-state index in [9.17, 15) is 23.1 Å². The molecular weight excluding hydrogens is 406 g/mol. The fourth-order valence-electron chi connectivity index (χ4n) is 3.72. The minimum Gasteiger partial charge on any atom is -0.481 e.